The van der Waals surface area contributed by atoms with Gasteiger partial charge in [-0.25, -0.2) is 13.2 Å². The molecule has 1 unspecified atom stereocenters. The highest BCUT2D eigenvalue weighted by molar-refractivity contribution is 7.92. The molecule has 210 valence electrons. The minimum Gasteiger partial charge on any atom is -0.452 e. The van der Waals surface area contributed by atoms with E-state index in [1.54, 1.807) is 36.4 Å². The molecule has 0 saturated carbocycles. The van der Waals surface area contributed by atoms with Crippen molar-refractivity contribution >= 4 is 44.8 Å². The third-order valence-corrected chi connectivity index (χ3v) is 9.24. The van der Waals surface area contributed by atoms with Gasteiger partial charge in [-0.15, -0.1) is 0 Å². The number of hydrogen-bond donors (Lipinski definition) is 1. The van der Waals surface area contributed by atoms with Gasteiger partial charge in [0, 0.05) is 34.0 Å². The lowest BCUT2D eigenvalue weighted by molar-refractivity contribution is -0.119. The van der Waals surface area contributed by atoms with Crippen LogP contribution in [0.2, 0.25) is 0 Å². The van der Waals surface area contributed by atoms with Crippen LogP contribution in [0.15, 0.2) is 95.9 Å². The van der Waals surface area contributed by atoms with Gasteiger partial charge in [0.25, 0.3) is 15.9 Å². The van der Waals surface area contributed by atoms with Crippen LogP contribution in [0.25, 0.3) is 0 Å². The van der Waals surface area contributed by atoms with E-state index in [2.05, 4.69) is 5.32 Å². The number of esters is 1. The Labute approximate surface area is 241 Å². The zero-order valence-corrected chi connectivity index (χ0v) is 23.2. The predicted molar refractivity (Wildman–Crippen MR) is 154 cm³/mol. The first kappa shape index (κ1) is 27.1. The Balaban J connectivity index is 1.13. The first-order chi connectivity index (χ1) is 20.1. The standard InChI is InChI=1S/C32H24N2O7S/c1-19-15-20-7-2-5-12-28(20)34(19)42(39,40)23-9-6-8-21(16-23)32(38)41-18-29(35)33-22-13-14-26-27(17-22)31(37)25-11-4-3-10-24(25)30(26)36/h2-14,16-17,19H,15,18H2,1H3,(H,33,35). The van der Waals surface area contributed by atoms with Crippen LogP contribution in [0.4, 0.5) is 11.4 Å². The summed E-state index contributed by atoms with van der Waals surface area (Å²) in [4.78, 5) is 51.0. The van der Waals surface area contributed by atoms with Crippen molar-refractivity contribution in [2.24, 2.45) is 0 Å². The van der Waals surface area contributed by atoms with E-state index in [9.17, 15) is 27.6 Å². The van der Waals surface area contributed by atoms with Crippen molar-refractivity contribution in [3.63, 3.8) is 0 Å². The second-order valence-corrected chi connectivity index (χ2v) is 11.9. The molecule has 0 fully saturated rings. The normalized spacial score (nSPS) is 15.5. The molecule has 2 aliphatic rings. The van der Waals surface area contributed by atoms with Gasteiger partial charge in [-0.3, -0.25) is 18.7 Å². The minimum absolute atomic E-state index is 0.0273. The van der Waals surface area contributed by atoms with E-state index in [-0.39, 0.29) is 44.9 Å². The molecular formula is C32H24N2O7S. The summed E-state index contributed by atoms with van der Waals surface area (Å²) in [7, 11) is -3.97. The van der Waals surface area contributed by atoms with Crippen LogP contribution in [0.3, 0.4) is 0 Å². The number of sulfonamides is 1. The zero-order valence-electron chi connectivity index (χ0n) is 22.4. The molecule has 0 radical (unpaired) electrons. The number of amides is 1. The molecule has 1 amide bonds. The maximum atomic E-state index is 13.5. The van der Waals surface area contributed by atoms with Crippen LogP contribution in [0.1, 0.15) is 54.7 Å². The fourth-order valence-electron chi connectivity index (χ4n) is 5.39. The van der Waals surface area contributed by atoms with Crippen molar-refractivity contribution in [2.75, 3.05) is 16.2 Å². The predicted octanol–water partition coefficient (Wildman–Crippen LogP) is 4.40. The van der Waals surface area contributed by atoms with Crippen molar-refractivity contribution < 1.29 is 32.3 Å². The van der Waals surface area contributed by atoms with E-state index >= 15 is 0 Å². The maximum absolute atomic E-state index is 13.5. The van der Waals surface area contributed by atoms with Crippen LogP contribution in [0, 0.1) is 0 Å². The molecule has 0 spiro atoms. The highest BCUT2D eigenvalue weighted by Gasteiger charge is 2.36. The molecule has 0 bridgehead atoms. The number of carbonyl (C=O) groups excluding carboxylic acids is 4. The van der Waals surface area contributed by atoms with Crippen LogP contribution in [0.5, 0.6) is 0 Å². The summed E-state index contributed by atoms with van der Waals surface area (Å²) in [6.45, 7) is 1.17. The average molecular weight is 581 g/mol. The second kappa shape index (κ2) is 10.4. The molecule has 0 saturated heterocycles. The van der Waals surface area contributed by atoms with E-state index in [1.165, 1.54) is 46.8 Å². The van der Waals surface area contributed by atoms with E-state index in [0.717, 1.165) is 5.56 Å². The van der Waals surface area contributed by atoms with Gasteiger partial charge in [0.05, 0.1) is 16.1 Å². The van der Waals surface area contributed by atoms with Gasteiger partial charge in [-0.05, 0) is 61.4 Å². The lowest BCUT2D eigenvalue weighted by Gasteiger charge is -2.24. The zero-order chi connectivity index (χ0) is 29.6. The van der Waals surface area contributed by atoms with Crippen molar-refractivity contribution in [1.82, 2.24) is 0 Å². The van der Waals surface area contributed by atoms with Crippen molar-refractivity contribution in [1.29, 1.82) is 0 Å². The monoisotopic (exact) mass is 580 g/mol. The molecule has 1 N–H and O–H groups in total. The van der Waals surface area contributed by atoms with E-state index in [1.807, 2.05) is 19.1 Å². The summed E-state index contributed by atoms with van der Waals surface area (Å²) >= 11 is 0. The molecule has 10 heteroatoms. The lowest BCUT2D eigenvalue weighted by atomic mass is 9.84. The van der Waals surface area contributed by atoms with Crippen LogP contribution < -0.4 is 9.62 Å². The number of nitrogens with one attached hydrogen (secondary N) is 1. The number of ether oxygens (including phenoxy) is 1. The van der Waals surface area contributed by atoms with Gasteiger partial charge >= 0.3 is 5.97 Å². The summed E-state index contributed by atoms with van der Waals surface area (Å²) in [6.07, 6.45) is 0.578. The lowest BCUT2D eigenvalue weighted by Crippen LogP contribution is -2.35. The number of benzene rings is 4. The van der Waals surface area contributed by atoms with Crippen LogP contribution in [-0.4, -0.2) is 44.5 Å². The summed E-state index contributed by atoms with van der Waals surface area (Å²) in [5.74, 6) is -2.16. The number of nitrogens with zero attached hydrogens (tertiary/aromatic N) is 1. The number of hydrogen-bond acceptors (Lipinski definition) is 7. The first-order valence-corrected chi connectivity index (χ1v) is 14.6. The molecular weight excluding hydrogens is 556 g/mol. The number of anilines is 2. The first-order valence-electron chi connectivity index (χ1n) is 13.2. The van der Waals surface area contributed by atoms with Gasteiger partial charge in [-0.1, -0.05) is 48.5 Å². The van der Waals surface area contributed by atoms with Crippen molar-refractivity contribution in [2.45, 2.75) is 24.3 Å². The van der Waals surface area contributed by atoms with Crippen molar-refractivity contribution in [3.8, 4) is 0 Å². The maximum Gasteiger partial charge on any atom is 0.338 e. The van der Waals surface area contributed by atoms with Crippen LogP contribution >= 0.6 is 0 Å². The fraction of sp³-hybridized carbons (Fsp3) is 0.125. The Hall–Kier alpha value is -5.09. The topological polar surface area (TPSA) is 127 Å². The molecule has 1 atom stereocenters. The molecule has 1 heterocycles. The quantitative estimate of drug-likeness (QED) is 0.295. The smallest absolute Gasteiger partial charge is 0.338 e. The molecule has 1 aliphatic heterocycles. The van der Waals surface area contributed by atoms with Gasteiger partial charge in [0.2, 0.25) is 0 Å². The Morgan fingerprint density at radius 1 is 0.833 bits per heavy atom. The molecule has 42 heavy (non-hydrogen) atoms. The highest BCUT2D eigenvalue weighted by Crippen LogP contribution is 2.36. The highest BCUT2D eigenvalue weighted by atomic mass is 32.2. The van der Waals surface area contributed by atoms with Crippen molar-refractivity contribution in [3.05, 3.63) is 124 Å². The fourth-order valence-corrected chi connectivity index (χ4v) is 7.13. The summed E-state index contributed by atoms with van der Waals surface area (Å²) in [6, 6.07) is 23.4. The average Bonchev–Trinajstić information content (AvgIpc) is 3.35. The third kappa shape index (κ3) is 4.65. The Morgan fingerprint density at radius 2 is 1.50 bits per heavy atom. The number of para-hydroxylation sites is 1. The Kier molecular flexibility index (Phi) is 6.70. The van der Waals surface area contributed by atoms with E-state index < -0.39 is 28.5 Å². The van der Waals surface area contributed by atoms with Gasteiger partial charge < -0.3 is 10.1 Å². The molecule has 6 rings (SSSR count). The summed E-state index contributed by atoms with van der Waals surface area (Å²) in [5, 5.41) is 2.56. The molecule has 9 nitrogen and oxygen atoms in total. The largest absolute Gasteiger partial charge is 0.452 e. The summed E-state index contributed by atoms with van der Waals surface area (Å²) < 4.78 is 33.6. The SMILES string of the molecule is CC1Cc2ccccc2N1S(=O)(=O)c1cccc(C(=O)OCC(=O)Nc2ccc3c(c2)C(=O)c2ccccc2C3=O)c1. The number of rotatable bonds is 6. The van der Waals surface area contributed by atoms with E-state index in [4.69, 9.17) is 4.74 Å². The van der Waals surface area contributed by atoms with E-state index in [0.29, 0.717) is 23.2 Å². The number of ketones is 2. The van der Waals surface area contributed by atoms with Gasteiger partial charge in [0.15, 0.2) is 18.2 Å². The number of carbonyl (C=O) groups is 4. The second-order valence-electron chi connectivity index (χ2n) is 10.1. The Morgan fingerprint density at radius 3 is 2.26 bits per heavy atom. The number of fused-ring (bicyclic) bond motifs is 3. The third-order valence-electron chi connectivity index (χ3n) is 7.31. The Bertz CT molecular complexity index is 1920. The minimum atomic E-state index is -3.97. The summed E-state index contributed by atoms with van der Waals surface area (Å²) in [5.41, 5.74) is 2.78. The molecule has 0 aromatic heterocycles. The van der Waals surface area contributed by atoms with Gasteiger partial charge in [-0.2, -0.15) is 0 Å². The molecule has 4 aromatic rings. The van der Waals surface area contributed by atoms with Crippen LogP contribution in [-0.2, 0) is 26.0 Å². The molecule has 1 aliphatic carbocycles. The molecule has 4 aromatic carbocycles. The van der Waals surface area contributed by atoms with Gasteiger partial charge in [0.1, 0.15) is 0 Å².